The molecule has 1 amide bonds. The van der Waals surface area contributed by atoms with E-state index in [1.54, 1.807) is 29.5 Å². The van der Waals surface area contributed by atoms with E-state index in [0.29, 0.717) is 57.4 Å². The Morgan fingerprint density at radius 3 is 2.52 bits per heavy atom. The molecule has 0 radical (unpaired) electrons. The molecular formula is C28H32Cl2N8O4. The number of nitrogens with zero attached hydrogens (tertiary/aromatic N) is 5. The molecule has 0 saturated carbocycles. The zero-order valence-electron chi connectivity index (χ0n) is 22.9. The second-order valence-corrected chi connectivity index (χ2v) is 10.5. The molecule has 3 aromatic rings. The van der Waals surface area contributed by atoms with E-state index >= 15 is 0 Å². The Bertz CT molecular complexity index is 1350. The molecule has 42 heavy (non-hydrogen) atoms. The molecule has 6 rings (SSSR count). The minimum atomic E-state index is -0.480. The van der Waals surface area contributed by atoms with E-state index < -0.39 is 5.97 Å². The first-order chi connectivity index (χ1) is 20.5. The number of rotatable bonds is 9. The molecular weight excluding hydrogens is 583 g/mol. The number of carbonyl (C=O) groups excluding carboxylic acids is 2. The first-order valence-electron chi connectivity index (χ1n) is 13.7. The minimum absolute atomic E-state index is 0.0725. The van der Waals surface area contributed by atoms with Gasteiger partial charge in [0, 0.05) is 51.0 Å². The predicted octanol–water partition coefficient (Wildman–Crippen LogP) is 3.01. The molecule has 4 heterocycles. The third-order valence-corrected chi connectivity index (χ3v) is 7.39. The molecule has 2 aromatic carbocycles. The summed E-state index contributed by atoms with van der Waals surface area (Å²) < 4.78 is 5.48. The summed E-state index contributed by atoms with van der Waals surface area (Å²) in [5.41, 5.74) is 8.57. The number of nitrogens with one attached hydrogen (secondary N) is 3. The van der Waals surface area contributed by atoms with Gasteiger partial charge in [-0.25, -0.2) is 30.8 Å². The van der Waals surface area contributed by atoms with Gasteiger partial charge in [-0.15, -0.1) is 0 Å². The Balaban J connectivity index is 1.32. The zero-order chi connectivity index (χ0) is 29.3. The van der Waals surface area contributed by atoms with Crippen LogP contribution >= 0.6 is 23.2 Å². The lowest BCUT2D eigenvalue weighted by molar-refractivity contribution is -0.142. The number of amides is 1. The van der Waals surface area contributed by atoms with Crippen molar-refractivity contribution in [2.75, 3.05) is 69.6 Å². The minimum Gasteiger partial charge on any atom is -0.379 e. The van der Waals surface area contributed by atoms with Crippen molar-refractivity contribution >= 4 is 46.7 Å². The van der Waals surface area contributed by atoms with Crippen molar-refractivity contribution in [1.29, 1.82) is 0 Å². The van der Waals surface area contributed by atoms with Gasteiger partial charge in [0.15, 0.2) is 0 Å². The van der Waals surface area contributed by atoms with Gasteiger partial charge in [-0.05, 0) is 36.8 Å². The van der Waals surface area contributed by atoms with Gasteiger partial charge in [-0.1, -0.05) is 41.4 Å². The number of anilines is 2. The maximum Gasteiger partial charge on any atom is 0.347 e. The maximum atomic E-state index is 12.9. The van der Waals surface area contributed by atoms with E-state index in [-0.39, 0.29) is 28.1 Å². The van der Waals surface area contributed by atoms with Crippen LogP contribution in [0.4, 0.5) is 11.6 Å². The third-order valence-electron chi connectivity index (χ3n) is 6.76. The Kier molecular flexibility index (Phi) is 10.4. The highest BCUT2D eigenvalue weighted by Gasteiger charge is 2.25. The summed E-state index contributed by atoms with van der Waals surface area (Å²) in [4.78, 5) is 42.6. The monoisotopic (exact) mass is 614 g/mol. The second-order valence-electron chi connectivity index (χ2n) is 9.66. The number of morpholine rings is 1. The van der Waals surface area contributed by atoms with Crippen LogP contribution in [0, 0.1) is 0 Å². The van der Waals surface area contributed by atoms with Gasteiger partial charge in [-0.3, -0.25) is 9.69 Å². The van der Waals surface area contributed by atoms with Gasteiger partial charge in [0.1, 0.15) is 6.54 Å². The van der Waals surface area contributed by atoms with Crippen molar-refractivity contribution in [2.24, 2.45) is 0 Å². The number of benzene rings is 2. The van der Waals surface area contributed by atoms with E-state index in [0.717, 1.165) is 24.3 Å². The fourth-order valence-corrected chi connectivity index (χ4v) is 5.09. The van der Waals surface area contributed by atoms with Crippen LogP contribution in [0.5, 0.6) is 0 Å². The van der Waals surface area contributed by atoms with Gasteiger partial charge in [0.25, 0.3) is 11.9 Å². The molecule has 0 unspecified atom stereocenters. The lowest BCUT2D eigenvalue weighted by atomic mass is 10.1. The molecule has 4 bridgehead atoms. The standard InChI is InChI=1S/C28H32Cl2N8O4/c29-22-3-1-4-23(30)26(22)27(40)31-10-2-11-33-38-28-32-12-9-24(34-28)20-5-7-21(8-6-20)35-42-25(39)19-37(38)14-13-36-15-17-41-18-16-36/h1,3-9,12,33,35H,2,10-11,13-19H2,(H,31,40). The van der Waals surface area contributed by atoms with Gasteiger partial charge in [0.2, 0.25) is 0 Å². The highest BCUT2D eigenvalue weighted by atomic mass is 35.5. The number of halogens is 2. The summed E-state index contributed by atoms with van der Waals surface area (Å²) in [6, 6.07) is 14.2. The Labute approximate surface area is 253 Å². The van der Waals surface area contributed by atoms with Crippen LogP contribution < -0.4 is 21.3 Å². The summed E-state index contributed by atoms with van der Waals surface area (Å²) >= 11 is 12.3. The molecule has 222 valence electrons. The number of fused-ring (bicyclic) bond motifs is 7. The van der Waals surface area contributed by atoms with Crippen LogP contribution in [0.25, 0.3) is 11.3 Å². The largest absolute Gasteiger partial charge is 0.379 e. The Morgan fingerprint density at radius 1 is 1.00 bits per heavy atom. The van der Waals surface area contributed by atoms with Crippen molar-refractivity contribution in [1.82, 2.24) is 30.6 Å². The van der Waals surface area contributed by atoms with E-state index in [4.69, 9.17) is 37.8 Å². The second kappa shape index (κ2) is 14.6. The quantitative estimate of drug-likeness (QED) is 0.308. The van der Waals surface area contributed by atoms with Gasteiger partial charge < -0.3 is 14.9 Å². The fraction of sp³-hybridized carbons (Fsp3) is 0.357. The topological polar surface area (TPSA) is 124 Å². The van der Waals surface area contributed by atoms with Crippen LogP contribution in [0.3, 0.4) is 0 Å². The zero-order valence-corrected chi connectivity index (χ0v) is 24.4. The lowest BCUT2D eigenvalue weighted by Crippen LogP contribution is -2.57. The fourth-order valence-electron chi connectivity index (χ4n) is 4.52. The summed E-state index contributed by atoms with van der Waals surface area (Å²) in [6.07, 6.45) is 2.23. The van der Waals surface area contributed by atoms with Crippen LogP contribution in [0.2, 0.25) is 10.0 Å². The van der Waals surface area contributed by atoms with Crippen molar-refractivity contribution in [3.63, 3.8) is 0 Å². The summed E-state index contributed by atoms with van der Waals surface area (Å²) in [5, 5.41) is 6.94. The molecule has 3 N–H and O–H groups in total. The Hall–Kier alpha value is -3.52. The number of carbonyl (C=O) groups is 2. The lowest BCUT2D eigenvalue weighted by Gasteiger charge is -2.36. The molecule has 0 spiro atoms. The molecule has 0 atom stereocenters. The van der Waals surface area contributed by atoms with Crippen molar-refractivity contribution in [3.8, 4) is 11.3 Å². The van der Waals surface area contributed by atoms with Crippen molar-refractivity contribution in [3.05, 3.63) is 70.3 Å². The molecule has 0 aliphatic carbocycles. The summed E-state index contributed by atoms with van der Waals surface area (Å²) in [7, 11) is 0. The first kappa shape index (κ1) is 30.0. The molecule has 1 saturated heterocycles. The average molecular weight is 616 g/mol. The molecule has 14 heteroatoms. The van der Waals surface area contributed by atoms with Crippen LogP contribution in [0.15, 0.2) is 54.7 Å². The van der Waals surface area contributed by atoms with E-state index in [1.807, 2.05) is 35.3 Å². The van der Waals surface area contributed by atoms with Gasteiger partial charge in [0.05, 0.1) is 40.2 Å². The highest BCUT2D eigenvalue weighted by Crippen LogP contribution is 2.24. The number of hydrogen-bond acceptors (Lipinski definition) is 11. The Morgan fingerprint density at radius 2 is 1.76 bits per heavy atom. The SMILES string of the molecule is O=C1CN(CCN2CCOCC2)N(NCCCNC(=O)c2c(Cl)cccc2Cl)c2nccc(n2)-c2ccc(cc2)NO1. The molecule has 3 aliphatic rings. The van der Waals surface area contributed by atoms with Crippen LogP contribution in [-0.4, -0.2) is 90.8 Å². The summed E-state index contributed by atoms with van der Waals surface area (Å²) in [6.45, 7) is 4.84. The van der Waals surface area contributed by atoms with Crippen molar-refractivity contribution in [2.45, 2.75) is 6.42 Å². The smallest absolute Gasteiger partial charge is 0.347 e. The third kappa shape index (κ3) is 7.85. The molecule has 1 fully saturated rings. The molecule has 3 aliphatic heterocycles. The highest BCUT2D eigenvalue weighted by molar-refractivity contribution is 6.39. The molecule has 1 aromatic heterocycles. The number of hydrogen-bond donors (Lipinski definition) is 3. The van der Waals surface area contributed by atoms with E-state index in [9.17, 15) is 9.59 Å². The van der Waals surface area contributed by atoms with Crippen LogP contribution in [-0.2, 0) is 14.4 Å². The normalized spacial score (nSPS) is 16.1. The molecule has 12 nitrogen and oxygen atoms in total. The average Bonchev–Trinajstić information content (AvgIpc) is 3.01. The number of hydrazine groups is 2. The predicted molar refractivity (Wildman–Crippen MR) is 160 cm³/mol. The maximum absolute atomic E-state index is 12.9. The summed E-state index contributed by atoms with van der Waals surface area (Å²) in [5.74, 6) is -0.463. The number of aromatic nitrogens is 2. The van der Waals surface area contributed by atoms with E-state index in [2.05, 4.69) is 26.1 Å². The van der Waals surface area contributed by atoms with Gasteiger partial charge >= 0.3 is 5.97 Å². The van der Waals surface area contributed by atoms with Crippen molar-refractivity contribution < 1.29 is 19.2 Å². The number of ether oxygens (including phenoxy) is 1. The van der Waals surface area contributed by atoms with E-state index in [1.165, 1.54) is 0 Å². The first-order valence-corrected chi connectivity index (χ1v) is 14.4. The van der Waals surface area contributed by atoms with Gasteiger partial charge in [-0.2, -0.15) is 5.01 Å². The van der Waals surface area contributed by atoms with Crippen LogP contribution in [0.1, 0.15) is 16.8 Å².